The summed E-state index contributed by atoms with van der Waals surface area (Å²) < 4.78 is 26.6. The summed E-state index contributed by atoms with van der Waals surface area (Å²) in [6.45, 7) is 1.13. The first-order chi connectivity index (χ1) is 10.8. The number of hydrogen-bond donors (Lipinski definition) is 4. The molecule has 0 radical (unpaired) electrons. The van der Waals surface area contributed by atoms with Crippen LogP contribution in [-0.2, 0) is 4.79 Å². The highest BCUT2D eigenvalue weighted by Gasteiger charge is 2.18. The molecule has 8 nitrogen and oxygen atoms in total. The first-order valence-electron chi connectivity index (χ1n) is 6.14. The summed E-state index contributed by atoms with van der Waals surface area (Å²) in [6.07, 6.45) is 0. The van der Waals surface area contributed by atoms with E-state index in [4.69, 9.17) is 5.11 Å². The number of aromatic carboxylic acids is 1. The molecule has 10 heteroatoms. The summed E-state index contributed by atoms with van der Waals surface area (Å²) in [5.74, 6) is -5.43. The fourth-order valence-electron chi connectivity index (χ4n) is 1.71. The minimum absolute atomic E-state index is 0.133. The zero-order chi connectivity index (χ0) is 17.1. The number of rotatable bonds is 4. The molecule has 0 aliphatic carbocycles. The molecule has 0 aliphatic rings. The van der Waals surface area contributed by atoms with Gasteiger partial charge in [-0.15, -0.1) is 0 Å². The molecule has 2 rings (SSSR count). The number of carboxylic acid groups (broad SMARTS) is 1. The van der Waals surface area contributed by atoms with E-state index < -0.39 is 29.4 Å². The topological polar surface area (TPSA) is 124 Å². The number of carbonyl (C=O) groups excluding carboxylic acids is 2. The Morgan fingerprint density at radius 2 is 1.78 bits per heavy atom. The Hall–Kier alpha value is -3.30. The predicted molar refractivity (Wildman–Crippen MR) is 74.2 cm³/mol. The maximum absolute atomic E-state index is 13.3. The lowest BCUT2D eigenvalue weighted by Crippen LogP contribution is -2.17. The normalized spacial score (nSPS) is 10.2. The van der Waals surface area contributed by atoms with Crippen molar-refractivity contribution in [1.82, 2.24) is 10.2 Å². The number of nitrogens with zero attached hydrogens (tertiary/aromatic N) is 1. The van der Waals surface area contributed by atoms with Crippen LogP contribution >= 0.6 is 0 Å². The highest BCUT2D eigenvalue weighted by atomic mass is 19.2. The van der Waals surface area contributed by atoms with Crippen molar-refractivity contribution in [3.63, 3.8) is 0 Å². The molecular formula is C13H10F2N4O4. The third-order valence-corrected chi connectivity index (χ3v) is 2.67. The second-order valence-corrected chi connectivity index (χ2v) is 4.42. The molecule has 120 valence electrons. The van der Waals surface area contributed by atoms with Crippen molar-refractivity contribution >= 4 is 29.3 Å². The van der Waals surface area contributed by atoms with Crippen LogP contribution in [-0.4, -0.2) is 33.1 Å². The Balaban J connectivity index is 2.31. The molecule has 0 saturated heterocycles. The van der Waals surface area contributed by atoms with Gasteiger partial charge in [0, 0.05) is 19.1 Å². The highest BCUT2D eigenvalue weighted by molar-refractivity contribution is 6.09. The molecule has 0 bridgehead atoms. The SMILES string of the molecule is CC(=O)Nc1cc(F)c(F)cc1C(=O)Nc1cc(C(=O)O)[nH]n1. The molecule has 0 unspecified atom stereocenters. The van der Waals surface area contributed by atoms with E-state index >= 15 is 0 Å². The monoisotopic (exact) mass is 324 g/mol. The Morgan fingerprint density at radius 3 is 2.35 bits per heavy atom. The van der Waals surface area contributed by atoms with E-state index in [1.807, 2.05) is 0 Å². The Kier molecular flexibility index (Phi) is 4.35. The first-order valence-corrected chi connectivity index (χ1v) is 6.14. The van der Waals surface area contributed by atoms with Gasteiger partial charge in [-0.3, -0.25) is 14.7 Å². The number of amides is 2. The van der Waals surface area contributed by atoms with Crippen molar-refractivity contribution < 1.29 is 28.3 Å². The Labute approximate surface area is 127 Å². The number of benzene rings is 1. The third kappa shape index (κ3) is 3.67. The molecule has 4 N–H and O–H groups in total. The number of anilines is 2. The van der Waals surface area contributed by atoms with Crippen molar-refractivity contribution in [2.75, 3.05) is 10.6 Å². The van der Waals surface area contributed by atoms with Crippen LogP contribution in [0.15, 0.2) is 18.2 Å². The van der Waals surface area contributed by atoms with Crippen molar-refractivity contribution in [3.8, 4) is 0 Å². The minimum atomic E-state index is -1.29. The smallest absolute Gasteiger partial charge is 0.353 e. The van der Waals surface area contributed by atoms with Gasteiger partial charge in [0.1, 0.15) is 5.69 Å². The van der Waals surface area contributed by atoms with E-state index in [9.17, 15) is 23.2 Å². The van der Waals surface area contributed by atoms with Crippen LogP contribution in [0.2, 0.25) is 0 Å². The number of halogens is 2. The quantitative estimate of drug-likeness (QED) is 0.680. The largest absolute Gasteiger partial charge is 0.477 e. The van der Waals surface area contributed by atoms with Gasteiger partial charge in [0.25, 0.3) is 5.91 Å². The predicted octanol–water partition coefficient (Wildman–Crippen LogP) is 1.60. The summed E-state index contributed by atoms with van der Waals surface area (Å²) in [7, 11) is 0. The summed E-state index contributed by atoms with van der Waals surface area (Å²) in [6, 6.07) is 2.32. The number of carbonyl (C=O) groups is 3. The zero-order valence-electron chi connectivity index (χ0n) is 11.6. The second-order valence-electron chi connectivity index (χ2n) is 4.42. The lowest BCUT2D eigenvalue weighted by atomic mass is 10.1. The number of aromatic nitrogens is 2. The average molecular weight is 324 g/mol. The van der Waals surface area contributed by atoms with Crippen molar-refractivity contribution in [1.29, 1.82) is 0 Å². The Morgan fingerprint density at radius 1 is 1.13 bits per heavy atom. The fourth-order valence-corrected chi connectivity index (χ4v) is 1.71. The van der Waals surface area contributed by atoms with Crippen LogP contribution < -0.4 is 10.6 Å². The van der Waals surface area contributed by atoms with Gasteiger partial charge in [0.2, 0.25) is 5.91 Å². The van der Waals surface area contributed by atoms with Crippen molar-refractivity contribution in [3.05, 3.63) is 41.1 Å². The molecule has 1 aromatic heterocycles. The van der Waals surface area contributed by atoms with Crippen LogP contribution in [0.1, 0.15) is 27.8 Å². The molecule has 1 aromatic carbocycles. The lowest BCUT2D eigenvalue weighted by molar-refractivity contribution is -0.114. The molecule has 1 heterocycles. The van der Waals surface area contributed by atoms with E-state index in [-0.39, 0.29) is 22.8 Å². The molecular weight excluding hydrogens is 314 g/mol. The van der Waals surface area contributed by atoms with Crippen molar-refractivity contribution in [2.45, 2.75) is 6.92 Å². The van der Waals surface area contributed by atoms with Gasteiger partial charge < -0.3 is 15.7 Å². The van der Waals surface area contributed by atoms with Crippen molar-refractivity contribution in [2.24, 2.45) is 0 Å². The number of hydrogen-bond acceptors (Lipinski definition) is 4. The van der Waals surface area contributed by atoms with E-state index in [0.717, 1.165) is 13.0 Å². The van der Waals surface area contributed by atoms with Crippen LogP contribution in [0, 0.1) is 11.6 Å². The van der Waals surface area contributed by atoms with Gasteiger partial charge >= 0.3 is 5.97 Å². The van der Waals surface area contributed by atoms with Gasteiger partial charge in [-0.05, 0) is 6.07 Å². The number of carboxylic acids is 1. The minimum Gasteiger partial charge on any atom is -0.477 e. The van der Waals surface area contributed by atoms with E-state index in [1.165, 1.54) is 0 Å². The van der Waals surface area contributed by atoms with E-state index in [0.29, 0.717) is 12.1 Å². The molecule has 0 spiro atoms. The first kappa shape index (κ1) is 16.1. The van der Waals surface area contributed by atoms with Gasteiger partial charge in [0.15, 0.2) is 17.5 Å². The zero-order valence-corrected chi connectivity index (χ0v) is 11.6. The third-order valence-electron chi connectivity index (χ3n) is 2.67. The van der Waals surface area contributed by atoms with Gasteiger partial charge in [-0.2, -0.15) is 5.10 Å². The maximum Gasteiger partial charge on any atom is 0.353 e. The number of aromatic amines is 1. The molecule has 0 aliphatic heterocycles. The summed E-state index contributed by atoms with van der Waals surface area (Å²) >= 11 is 0. The summed E-state index contributed by atoms with van der Waals surface area (Å²) in [4.78, 5) is 33.9. The van der Waals surface area contributed by atoms with Crippen LogP contribution in [0.5, 0.6) is 0 Å². The molecule has 0 atom stereocenters. The standard InChI is InChI=1S/C13H10F2N4O4/c1-5(20)16-9-3-8(15)7(14)2-6(9)12(21)17-11-4-10(13(22)23)18-19-11/h2-4H,1H3,(H,16,20)(H,22,23)(H2,17,18,19,21). The molecule has 0 saturated carbocycles. The van der Waals surface area contributed by atoms with Crippen LogP contribution in [0.4, 0.5) is 20.3 Å². The Bertz CT molecular complexity index is 803. The average Bonchev–Trinajstić information content (AvgIpc) is 2.90. The fraction of sp³-hybridized carbons (Fsp3) is 0.0769. The second kappa shape index (κ2) is 6.22. The molecule has 23 heavy (non-hydrogen) atoms. The maximum atomic E-state index is 13.3. The summed E-state index contributed by atoms with van der Waals surface area (Å²) in [5, 5.41) is 18.9. The van der Waals surface area contributed by atoms with Gasteiger partial charge in [-0.1, -0.05) is 0 Å². The molecule has 0 fully saturated rings. The van der Waals surface area contributed by atoms with E-state index in [2.05, 4.69) is 20.8 Å². The highest BCUT2D eigenvalue weighted by Crippen LogP contribution is 2.21. The number of nitrogens with one attached hydrogen (secondary N) is 3. The lowest BCUT2D eigenvalue weighted by Gasteiger charge is -2.10. The van der Waals surface area contributed by atoms with Crippen LogP contribution in [0.3, 0.4) is 0 Å². The number of H-pyrrole nitrogens is 1. The van der Waals surface area contributed by atoms with Gasteiger partial charge in [-0.25, -0.2) is 13.6 Å². The van der Waals surface area contributed by atoms with Gasteiger partial charge in [0.05, 0.1) is 11.3 Å². The van der Waals surface area contributed by atoms with E-state index in [1.54, 1.807) is 0 Å². The molecule has 2 amide bonds. The molecule has 2 aromatic rings. The van der Waals surface area contributed by atoms with Crippen LogP contribution in [0.25, 0.3) is 0 Å². The summed E-state index contributed by atoms with van der Waals surface area (Å²) in [5.41, 5.74) is -0.852.